The highest BCUT2D eigenvalue weighted by Gasteiger charge is 2.04. The fourth-order valence-corrected chi connectivity index (χ4v) is 1.83. The first-order valence-corrected chi connectivity index (χ1v) is 7.35. The van der Waals surface area contributed by atoms with Gasteiger partial charge in [0.2, 0.25) is 0 Å². The molecule has 0 radical (unpaired) electrons. The van der Waals surface area contributed by atoms with Crippen LogP contribution in [0.1, 0.15) is 53.4 Å². The van der Waals surface area contributed by atoms with E-state index in [1.807, 2.05) is 0 Å². The van der Waals surface area contributed by atoms with E-state index in [-0.39, 0.29) is 0 Å². The Morgan fingerprint density at radius 1 is 1.11 bits per heavy atom. The third-order valence-electron chi connectivity index (χ3n) is 3.02. The SMILES string of the molecule is CC(C)CCCN(C)CCCC(=O)CNC(C)C. The van der Waals surface area contributed by atoms with Crippen LogP contribution >= 0.6 is 0 Å². The van der Waals surface area contributed by atoms with E-state index in [1.54, 1.807) is 0 Å². The molecule has 0 aromatic carbocycles. The Kier molecular flexibility index (Phi) is 10.3. The molecule has 18 heavy (non-hydrogen) atoms. The van der Waals surface area contributed by atoms with E-state index >= 15 is 0 Å². The lowest BCUT2D eigenvalue weighted by molar-refractivity contribution is -0.118. The summed E-state index contributed by atoms with van der Waals surface area (Å²) >= 11 is 0. The Morgan fingerprint density at radius 2 is 1.72 bits per heavy atom. The number of hydrogen-bond donors (Lipinski definition) is 1. The molecule has 0 amide bonds. The third kappa shape index (κ3) is 12.1. The molecule has 0 unspecified atom stereocenters. The van der Waals surface area contributed by atoms with Crippen LogP contribution in [-0.2, 0) is 4.79 Å². The molecule has 3 heteroatoms. The Balaban J connectivity index is 3.44. The lowest BCUT2D eigenvalue weighted by Crippen LogP contribution is -2.29. The Morgan fingerprint density at radius 3 is 2.28 bits per heavy atom. The molecule has 0 saturated heterocycles. The molecule has 0 aliphatic heterocycles. The molecule has 1 N–H and O–H groups in total. The molecule has 108 valence electrons. The maximum atomic E-state index is 11.6. The maximum Gasteiger partial charge on any atom is 0.146 e. The second-order valence-electron chi connectivity index (χ2n) is 6.02. The van der Waals surface area contributed by atoms with Crippen molar-refractivity contribution in [3.8, 4) is 0 Å². The van der Waals surface area contributed by atoms with Crippen molar-refractivity contribution in [3.63, 3.8) is 0 Å². The Labute approximate surface area is 113 Å². The van der Waals surface area contributed by atoms with Crippen molar-refractivity contribution in [3.05, 3.63) is 0 Å². The lowest BCUT2D eigenvalue weighted by Gasteiger charge is -2.17. The van der Waals surface area contributed by atoms with Gasteiger partial charge in [-0.25, -0.2) is 0 Å². The lowest BCUT2D eigenvalue weighted by atomic mass is 10.1. The van der Waals surface area contributed by atoms with Crippen molar-refractivity contribution < 1.29 is 4.79 Å². The number of hydrogen-bond acceptors (Lipinski definition) is 3. The number of carbonyl (C=O) groups excluding carboxylic acids is 1. The summed E-state index contributed by atoms with van der Waals surface area (Å²) < 4.78 is 0. The van der Waals surface area contributed by atoms with Gasteiger partial charge in [0.1, 0.15) is 5.78 Å². The van der Waals surface area contributed by atoms with E-state index in [4.69, 9.17) is 0 Å². The Hall–Kier alpha value is -0.410. The zero-order valence-corrected chi connectivity index (χ0v) is 13.0. The molecule has 0 heterocycles. The molecule has 3 nitrogen and oxygen atoms in total. The summed E-state index contributed by atoms with van der Waals surface area (Å²) in [5.74, 6) is 1.13. The zero-order valence-electron chi connectivity index (χ0n) is 13.0. The summed E-state index contributed by atoms with van der Waals surface area (Å²) in [6.45, 7) is 11.4. The molecule has 0 saturated carbocycles. The fraction of sp³-hybridized carbons (Fsp3) is 0.933. The van der Waals surface area contributed by atoms with E-state index < -0.39 is 0 Å². The van der Waals surface area contributed by atoms with Crippen LogP contribution < -0.4 is 5.32 Å². The first-order chi connectivity index (χ1) is 8.41. The topological polar surface area (TPSA) is 32.3 Å². The smallest absolute Gasteiger partial charge is 0.146 e. The number of carbonyl (C=O) groups is 1. The summed E-state index contributed by atoms with van der Waals surface area (Å²) in [5.41, 5.74) is 0. The average molecular weight is 256 g/mol. The second-order valence-corrected chi connectivity index (χ2v) is 6.02. The second kappa shape index (κ2) is 10.5. The van der Waals surface area contributed by atoms with Gasteiger partial charge in [-0.3, -0.25) is 4.79 Å². The molecular weight excluding hydrogens is 224 g/mol. The van der Waals surface area contributed by atoms with Crippen molar-refractivity contribution in [1.82, 2.24) is 10.2 Å². The Bertz CT molecular complexity index is 215. The summed E-state index contributed by atoms with van der Waals surface area (Å²) in [6.07, 6.45) is 4.24. The van der Waals surface area contributed by atoms with E-state index in [0.29, 0.717) is 24.8 Å². The predicted molar refractivity (Wildman–Crippen MR) is 78.9 cm³/mol. The van der Waals surface area contributed by atoms with Gasteiger partial charge in [-0.05, 0) is 45.3 Å². The summed E-state index contributed by atoms with van der Waals surface area (Å²) in [7, 11) is 2.15. The number of nitrogens with zero attached hydrogens (tertiary/aromatic N) is 1. The molecule has 0 aromatic heterocycles. The van der Waals surface area contributed by atoms with Crippen LogP contribution in [0.2, 0.25) is 0 Å². The number of nitrogens with one attached hydrogen (secondary N) is 1. The van der Waals surface area contributed by atoms with E-state index in [0.717, 1.165) is 25.4 Å². The van der Waals surface area contributed by atoms with Crippen LogP contribution in [0.15, 0.2) is 0 Å². The van der Waals surface area contributed by atoms with Crippen LogP contribution in [0, 0.1) is 5.92 Å². The van der Waals surface area contributed by atoms with E-state index in [1.165, 1.54) is 12.8 Å². The first kappa shape index (κ1) is 17.6. The molecular formula is C15H32N2O. The van der Waals surface area contributed by atoms with Crippen LogP contribution in [0.5, 0.6) is 0 Å². The highest BCUT2D eigenvalue weighted by atomic mass is 16.1. The number of rotatable bonds is 11. The van der Waals surface area contributed by atoms with Gasteiger partial charge in [0, 0.05) is 12.5 Å². The standard InChI is InChI=1S/C15H32N2O/c1-13(2)8-6-10-17(5)11-7-9-15(18)12-16-14(3)4/h13-14,16H,6-12H2,1-5H3. The van der Waals surface area contributed by atoms with Crippen molar-refractivity contribution in [2.45, 2.75) is 59.4 Å². The van der Waals surface area contributed by atoms with E-state index in [2.05, 4.69) is 45.0 Å². The van der Waals surface area contributed by atoms with Gasteiger partial charge in [0.25, 0.3) is 0 Å². The maximum absolute atomic E-state index is 11.6. The van der Waals surface area contributed by atoms with Crippen molar-refractivity contribution in [1.29, 1.82) is 0 Å². The van der Waals surface area contributed by atoms with Crippen molar-refractivity contribution in [2.24, 2.45) is 5.92 Å². The van der Waals surface area contributed by atoms with Gasteiger partial charge in [-0.15, -0.1) is 0 Å². The van der Waals surface area contributed by atoms with E-state index in [9.17, 15) is 4.79 Å². The van der Waals surface area contributed by atoms with Crippen LogP contribution in [0.4, 0.5) is 0 Å². The third-order valence-corrected chi connectivity index (χ3v) is 3.02. The van der Waals surface area contributed by atoms with Crippen molar-refractivity contribution in [2.75, 3.05) is 26.7 Å². The normalized spacial score (nSPS) is 11.8. The largest absolute Gasteiger partial charge is 0.308 e. The molecule has 0 atom stereocenters. The van der Waals surface area contributed by atoms with Gasteiger partial charge in [-0.2, -0.15) is 0 Å². The van der Waals surface area contributed by atoms with Gasteiger partial charge in [0.15, 0.2) is 0 Å². The van der Waals surface area contributed by atoms with Gasteiger partial charge in [0.05, 0.1) is 6.54 Å². The monoisotopic (exact) mass is 256 g/mol. The van der Waals surface area contributed by atoms with Crippen molar-refractivity contribution >= 4 is 5.78 Å². The minimum absolute atomic E-state index is 0.333. The summed E-state index contributed by atoms with van der Waals surface area (Å²) in [5, 5.41) is 3.17. The molecule has 0 aliphatic rings. The number of Topliss-reactive ketones (excluding diaryl/α,β-unsaturated/α-hetero) is 1. The first-order valence-electron chi connectivity index (χ1n) is 7.35. The predicted octanol–water partition coefficient (Wildman–Crippen LogP) is 2.70. The van der Waals surface area contributed by atoms with Crippen LogP contribution in [-0.4, -0.2) is 43.4 Å². The fourth-order valence-electron chi connectivity index (χ4n) is 1.83. The molecule has 0 spiro atoms. The minimum Gasteiger partial charge on any atom is -0.308 e. The summed E-state index contributed by atoms with van der Waals surface area (Å²) in [4.78, 5) is 13.9. The quantitative estimate of drug-likeness (QED) is 0.617. The van der Waals surface area contributed by atoms with Gasteiger partial charge < -0.3 is 10.2 Å². The highest BCUT2D eigenvalue weighted by molar-refractivity contribution is 5.80. The zero-order chi connectivity index (χ0) is 14.0. The van der Waals surface area contributed by atoms with Gasteiger partial charge in [-0.1, -0.05) is 27.7 Å². The molecule has 0 fully saturated rings. The highest BCUT2D eigenvalue weighted by Crippen LogP contribution is 2.04. The minimum atomic E-state index is 0.333. The van der Waals surface area contributed by atoms with Crippen LogP contribution in [0.25, 0.3) is 0 Å². The number of ketones is 1. The average Bonchev–Trinajstić information content (AvgIpc) is 2.25. The molecule has 0 aromatic rings. The molecule has 0 rings (SSSR count). The molecule has 0 aliphatic carbocycles. The van der Waals surface area contributed by atoms with Gasteiger partial charge >= 0.3 is 0 Å². The molecule has 0 bridgehead atoms. The van der Waals surface area contributed by atoms with Crippen LogP contribution in [0.3, 0.4) is 0 Å². The summed E-state index contributed by atoms with van der Waals surface area (Å²) in [6, 6.07) is 0.396.